The number of Topliss-reactive ketones (excluding diaryl/α,β-unsaturated/α-hetero) is 1. The van der Waals surface area contributed by atoms with Crippen LogP contribution in [0.3, 0.4) is 0 Å². The number of hydrogen-bond acceptors (Lipinski definition) is 2. The SMILES string of the molecule is CS(=O)C[C@]12CC[C@H](CC1=O)C2(C)C. The topological polar surface area (TPSA) is 34.1 Å². The lowest BCUT2D eigenvalue weighted by atomic mass is 9.70. The molecule has 2 saturated carbocycles. The summed E-state index contributed by atoms with van der Waals surface area (Å²) < 4.78 is 11.4. The second-order valence-electron chi connectivity index (χ2n) is 5.38. The Morgan fingerprint density at radius 3 is 2.50 bits per heavy atom. The van der Waals surface area contributed by atoms with Gasteiger partial charge in [0, 0.05) is 34.6 Å². The highest BCUT2D eigenvalue weighted by molar-refractivity contribution is 7.84. The van der Waals surface area contributed by atoms with E-state index in [1.54, 1.807) is 6.26 Å². The Balaban J connectivity index is 2.39. The van der Waals surface area contributed by atoms with Crippen molar-refractivity contribution in [2.24, 2.45) is 16.7 Å². The molecule has 0 saturated heterocycles. The predicted molar refractivity (Wildman–Crippen MR) is 57.5 cm³/mol. The fourth-order valence-corrected chi connectivity index (χ4v) is 4.83. The van der Waals surface area contributed by atoms with Gasteiger partial charge >= 0.3 is 0 Å². The van der Waals surface area contributed by atoms with Gasteiger partial charge in [0.2, 0.25) is 0 Å². The lowest BCUT2D eigenvalue weighted by Crippen LogP contribution is -2.40. The van der Waals surface area contributed by atoms with Crippen molar-refractivity contribution in [1.82, 2.24) is 0 Å². The normalized spacial score (nSPS) is 41.6. The van der Waals surface area contributed by atoms with Gasteiger partial charge in [-0.1, -0.05) is 13.8 Å². The van der Waals surface area contributed by atoms with Crippen molar-refractivity contribution < 1.29 is 9.00 Å². The quantitative estimate of drug-likeness (QED) is 0.702. The fraction of sp³-hybridized carbons (Fsp3) is 0.909. The largest absolute Gasteiger partial charge is 0.299 e. The molecule has 2 bridgehead atoms. The molecule has 3 heteroatoms. The third kappa shape index (κ3) is 1.08. The van der Waals surface area contributed by atoms with E-state index in [1.807, 2.05) is 0 Å². The van der Waals surface area contributed by atoms with Gasteiger partial charge in [0.25, 0.3) is 0 Å². The Kier molecular flexibility index (Phi) is 2.15. The van der Waals surface area contributed by atoms with E-state index in [-0.39, 0.29) is 10.8 Å². The highest BCUT2D eigenvalue weighted by Crippen LogP contribution is 2.63. The summed E-state index contributed by atoms with van der Waals surface area (Å²) in [5.74, 6) is 1.49. The predicted octanol–water partition coefficient (Wildman–Crippen LogP) is 1.76. The van der Waals surface area contributed by atoms with E-state index in [1.165, 1.54) is 0 Å². The molecule has 2 fully saturated rings. The van der Waals surface area contributed by atoms with Crippen LogP contribution in [0.2, 0.25) is 0 Å². The number of carbonyl (C=O) groups excluding carboxylic acids is 1. The summed E-state index contributed by atoms with van der Waals surface area (Å²) in [5.41, 5.74) is -0.174. The summed E-state index contributed by atoms with van der Waals surface area (Å²) in [7, 11) is -0.856. The maximum Gasteiger partial charge on any atom is 0.140 e. The minimum atomic E-state index is -0.856. The van der Waals surface area contributed by atoms with Crippen LogP contribution in [0.15, 0.2) is 0 Å². The van der Waals surface area contributed by atoms with E-state index in [9.17, 15) is 9.00 Å². The fourth-order valence-electron chi connectivity index (χ4n) is 3.46. The summed E-state index contributed by atoms with van der Waals surface area (Å²) >= 11 is 0. The number of carbonyl (C=O) groups is 1. The van der Waals surface area contributed by atoms with Gasteiger partial charge < -0.3 is 0 Å². The highest BCUT2D eigenvalue weighted by atomic mass is 32.2. The average molecular weight is 214 g/mol. The molecule has 2 aliphatic carbocycles. The van der Waals surface area contributed by atoms with Crippen LogP contribution in [0.5, 0.6) is 0 Å². The van der Waals surface area contributed by atoms with Crippen molar-refractivity contribution in [2.75, 3.05) is 12.0 Å². The number of rotatable bonds is 2. The first kappa shape index (κ1) is 10.3. The van der Waals surface area contributed by atoms with Crippen molar-refractivity contribution in [3.63, 3.8) is 0 Å². The van der Waals surface area contributed by atoms with E-state index >= 15 is 0 Å². The third-order valence-electron chi connectivity index (χ3n) is 4.59. The molecular formula is C11H18O2S. The van der Waals surface area contributed by atoms with Crippen LogP contribution >= 0.6 is 0 Å². The molecule has 0 N–H and O–H groups in total. The van der Waals surface area contributed by atoms with Gasteiger partial charge in [0.15, 0.2) is 0 Å². The van der Waals surface area contributed by atoms with Gasteiger partial charge in [0.05, 0.1) is 0 Å². The van der Waals surface area contributed by atoms with E-state index in [0.29, 0.717) is 17.5 Å². The molecule has 3 atom stereocenters. The molecule has 0 aromatic carbocycles. The average Bonchev–Trinajstić information content (AvgIpc) is 2.36. The Hall–Kier alpha value is -0.180. The maximum atomic E-state index is 12.0. The minimum Gasteiger partial charge on any atom is -0.299 e. The summed E-state index contributed by atoms with van der Waals surface area (Å²) in [5, 5.41) is 0. The first-order valence-electron chi connectivity index (χ1n) is 5.23. The standard InChI is InChI=1S/C11H18O2S/c1-10(2)8-4-5-11(10,7-14(3)13)9(12)6-8/h8H,4-7H2,1-3H3/t8-,11-,14?/m1/s1. The molecule has 0 heterocycles. The van der Waals surface area contributed by atoms with Gasteiger partial charge in [-0.2, -0.15) is 0 Å². The van der Waals surface area contributed by atoms with Gasteiger partial charge in [0.1, 0.15) is 5.78 Å². The third-order valence-corrected chi connectivity index (χ3v) is 5.49. The minimum absolute atomic E-state index is 0.0791. The molecule has 2 aliphatic rings. The Bertz CT molecular complexity index is 308. The summed E-state index contributed by atoms with van der Waals surface area (Å²) in [4.78, 5) is 12.0. The van der Waals surface area contributed by atoms with Crippen LogP contribution in [0, 0.1) is 16.7 Å². The van der Waals surface area contributed by atoms with Crippen LogP contribution in [0.1, 0.15) is 33.1 Å². The van der Waals surface area contributed by atoms with Crippen molar-refractivity contribution in [3.05, 3.63) is 0 Å². The maximum absolute atomic E-state index is 12.0. The second kappa shape index (κ2) is 2.91. The zero-order valence-corrected chi connectivity index (χ0v) is 9.95. The van der Waals surface area contributed by atoms with Crippen LogP contribution in [-0.2, 0) is 15.6 Å². The van der Waals surface area contributed by atoms with E-state index in [4.69, 9.17) is 0 Å². The van der Waals surface area contributed by atoms with Gasteiger partial charge in [-0.25, -0.2) is 0 Å². The van der Waals surface area contributed by atoms with E-state index < -0.39 is 10.8 Å². The molecule has 0 spiro atoms. The van der Waals surface area contributed by atoms with Crippen molar-refractivity contribution in [3.8, 4) is 0 Å². The van der Waals surface area contributed by atoms with Crippen LogP contribution in [-0.4, -0.2) is 22.0 Å². The molecular weight excluding hydrogens is 196 g/mol. The van der Waals surface area contributed by atoms with Crippen LogP contribution in [0.25, 0.3) is 0 Å². The van der Waals surface area contributed by atoms with Gasteiger partial charge in [-0.05, 0) is 24.2 Å². The Labute approximate surface area is 87.9 Å². The molecule has 0 aromatic heterocycles. The monoisotopic (exact) mass is 214 g/mol. The van der Waals surface area contributed by atoms with Crippen LogP contribution < -0.4 is 0 Å². The molecule has 0 aliphatic heterocycles. The lowest BCUT2D eigenvalue weighted by molar-refractivity contribution is -0.127. The molecule has 1 unspecified atom stereocenters. The first-order chi connectivity index (χ1) is 6.40. The number of ketones is 1. The Morgan fingerprint density at radius 2 is 2.14 bits per heavy atom. The lowest BCUT2D eigenvalue weighted by Gasteiger charge is -2.35. The first-order valence-corrected chi connectivity index (χ1v) is 6.96. The highest BCUT2D eigenvalue weighted by Gasteiger charge is 2.64. The number of hydrogen-bond donors (Lipinski definition) is 0. The smallest absolute Gasteiger partial charge is 0.140 e. The zero-order chi connectivity index (χ0) is 10.6. The molecule has 14 heavy (non-hydrogen) atoms. The molecule has 2 rings (SSSR count). The van der Waals surface area contributed by atoms with Crippen molar-refractivity contribution in [2.45, 2.75) is 33.1 Å². The second-order valence-corrected chi connectivity index (χ2v) is 6.82. The van der Waals surface area contributed by atoms with Crippen molar-refractivity contribution in [1.29, 1.82) is 0 Å². The molecule has 0 radical (unpaired) electrons. The molecule has 2 nitrogen and oxygen atoms in total. The van der Waals surface area contributed by atoms with E-state index in [2.05, 4.69) is 13.8 Å². The summed E-state index contributed by atoms with van der Waals surface area (Å²) in [6.07, 6.45) is 4.55. The van der Waals surface area contributed by atoms with Crippen LogP contribution in [0.4, 0.5) is 0 Å². The molecule has 80 valence electrons. The summed E-state index contributed by atoms with van der Waals surface area (Å²) in [6, 6.07) is 0. The summed E-state index contributed by atoms with van der Waals surface area (Å²) in [6.45, 7) is 4.37. The molecule has 0 amide bonds. The van der Waals surface area contributed by atoms with E-state index in [0.717, 1.165) is 19.3 Å². The van der Waals surface area contributed by atoms with Gasteiger partial charge in [-0.15, -0.1) is 0 Å². The number of fused-ring (bicyclic) bond motifs is 2. The zero-order valence-electron chi connectivity index (χ0n) is 9.13. The van der Waals surface area contributed by atoms with Crippen molar-refractivity contribution >= 4 is 16.6 Å². The Morgan fingerprint density at radius 1 is 1.50 bits per heavy atom. The molecule has 0 aromatic rings. The van der Waals surface area contributed by atoms with Gasteiger partial charge in [-0.3, -0.25) is 9.00 Å².